The minimum atomic E-state index is -0.896. The third kappa shape index (κ3) is 3.65. The second-order valence-corrected chi connectivity index (χ2v) is 8.43. The van der Waals surface area contributed by atoms with E-state index in [1.54, 1.807) is 0 Å². The minimum Gasteiger partial charge on any atom is -0.369 e. The van der Waals surface area contributed by atoms with E-state index in [4.69, 9.17) is 17.3 Å². The van der Waals surface area contributed by atoms with Crippen LogP contribution in [0.3, 0.4) is 0 Å². The lowest BCUT2D eigenvalue weighted by Gasteiger charge is -2.44. The van der Waals surface area contributed by atoms with E-state index in [0.29, 0.717) is 25.4 Å². The molecule has 0 unspecified atom stereocenters. The molecule has 2 N–H and O–H groups in total. The highest BCUT2D eigenvalue weighted by Crippen LogP contribution is 2.47. The van der Waals surface area contributed by atoms with Crippen LogP contribution >= 0.6 is 11.6 Å². The van der Waals surface area contributed by atoms with Crippen LogP contribution in [0.25, 0.3) is 0 Å². The molecule has 6 nitrogen and oxygen atoms in total. The van der Waals surface area contributed by atoms with E-state index in [2.05, 4.69) is 15.9 Å². The number of hydrogen-bond acceptors (Lipinski definition) is 4. The highest BCUT2D eigenvalue weighted by atomic mass is 35.5. The molecule has 27 heavy (non-hydrogen) atoms. The molecule has 1 aromatic carbocycles. The minimum absolute atomic E-state index is 0.0442. The topological polar surface area (TPSA) is 69.9 Å². The Bertz CT molecular complexity index is 728. The molecule has 0 radical (unpaired) electrons. The number of anilines is 1. The predicted octanol–water partition coefficient (Wildman–Crippen LogP) is 1.72. The fourth-order valence-electron chi connectivity index (χ4n) is 4.45. The number of benzene rings is 1. The Kier molecular flexibility index (Phi) is 5.03. The van der Waals surface area contributed by atoms with Crippen LogP contribution in [-0.4, -0.2) is 66.9 Å². The third-order valence-electron chi connectivity index (χ3n) is 6.32. The van der Waals surface area contributed by atoms with Gasteiger partial charge in [0.05, 0.1) is 0 Å². The van der Waals surface area contributed by atoms with E-state index in [1.165, 1.54) is 5.69 Å². The Labute approximate surface area is 165 Å². The first kappa shape index (κ1) is 18.6. The molecule has 1 saturated carbocycles. The van der Waals surface area contributed by atoms with Crippen LogP contribution in [0.2, 0.25) is 5.02 Å². The molecule has 2 aliphatic heterocycles. The molecule has 3 fully saturated rings. The summed E-state index contributed by atoms with van der Waals surface area (Å²) in [5.41, 5.74) is 5.76. The monoisotopic (exact) mass is 390 g/mol. The van der Waals surface area contributed by atoms with Gasteiger partial charge < -0.3 is 15.5 Å². The first-order valence-electron chi connectivity index (χ1n) is 9.83. The number of piperazine rings is 1. The van der Waals surface area contributed by atoms with Crippen molar-refractivity contribution >= 4 is 29.1 Å². The summed E-state index contributed by atoms with van der Waals surface area (Å²) in [6.07, 6.45) is 3.31. The third-order valence-corrected chi connectivity index (χ3v) is 6.55. The molecular weight excluding hydrogens is 364 g/mol. The number of primary amides is 1. The second kappa shape index (κ2) is 7.32. The molecule has 7 heteroatoms. The van der Waals surface area contributed by atoms with E-state index in [-0.39, 0.29) is 5.91 Å². The highest BCUT2D eigenvalue weighted by Gasteiger charge is 2.57. The van der Waals surface area contributed by atoms with Gasteiger partial charge in [-0.05, 0) is 43.9 Å². The van der Waals surface area contributed by atoms with Gasteiger partial charge in [-0.25, -0.2) is 0 Å². The van der Waals surface area contributed by atoms with Gasteiger partial charge in [0.2, 0.25) is 11.8 Å². The van der Waals surface area contributed by atoms with Gasteiger partial charge in [-0.3, -0.25) is 14.5 Å². The summed E-state index contributed by atoms with van der Waals surface area (Å²) in [7, 11) is 0. The zero-order chi connectivity index (χ0) is 19.0. The van der Waals surface area contributed by atoms with Crippen molar-refractivity contribution in [1.29, 1.82) is 0 Å². The van der Waals surface area contributed by atoms with Gasteiger partial charge in [0, 0.05) is 56.0 Å². The quantitative estimate of drug-likeness (QED) is 0.795. The number of likely N-dealkylation sites (tertiary alicyclic amines) is 1. The van der Waals surface area contributed by atoms with Crippen LogP contribution in [-0.2, 0) is 9.59 Å². The van der Waals surface area contributed by atoms with Crippen molar-refractivity contribution in [3.8, 4) is 0 Å². The summed E-state index contributed by atoms with van der Waals surface area (Å²) in [5.74, 6) is -0.498. The van der Waals surface area contributed by atoms with Crippen molar-refractivity contribution in [2.45, 2.75) is 31.7 Å². The zero-order valence-corrected chi connectivity index (χ0v) is 16.3. The standard InChI is InChI=1S/C20H27ClN4O2/c21-15-3-1-4-16(13-15)23-9-11-24(12-10-23)17-5-2-8-25(14-17)19(27)20(6-7-20)18(22)26/h1,3-4,13,17H,2,5-12,14H2,(H2,22,26)/t17-/m1/s1. The van der Waals surface area contributed by atoms with Gasteiger partial charge in [0.15, 0.2) is 0 Å². The lowest BCUT2D eigenvalue weighted by molar-refractivity contribution is -0.144. The fraction of sp³-hybridized carbons (Fsp3) is 0.600. The summed E-state index contributed by atoms with van der Waals surface area (Å²) < 4.78 is 0. The predicted molar refractivity (Wildman–Crippen MR) is 106 cm³/mol. The normalized spacial score (nSPS) is 25.3. The van der Waals surface area contributed by atoms with Crippen molar-refractivity contribution in [3.05, 3.63) is 29.3 Å². The SMILES string of the molecule is NC(=O)C1(C(=O)N2CCC[C@@H](N3CCN(c4cccc(Cl)c4)CC3)C2)CC1. The Morgan fingerprint density at radius 1 is 1.11 bits per heavy atom. The Morgan fingerprint density at radius 3 is 2.48 bits per heavy atom. The average Bonchev–Trinajstić information content (AvgIpc) is 3.50. The maximum absolute atomic E-state index is 12.8. The number of amides is 2. The molecule has 3 aliphatic rings. The van der Waals surface area contributed by atoms with E-state index in [0.717, 1.165) is 50.6 Å². The molecule has 146 valence electrons. The van der Waals surface area contributed by atoms with Gasteiger partial charge in [-0.2, -0.15) is 0 Å². The molecule has 0 aromatic heterocycles. The molecule has 4 rings (SSSR count). The van der Waals surface area contributed by atoms with Crippen LogP contribution in [0.15, 0.2) is 24.3 Å². The smallest absolute Gasteiger partial charge is 0.238 e. The van der Waals surface area contributed by atoms with E-state index >= 15 is 0 Å². The van der Waals surface area contributed by atoms with Crippen LogP contribution in [0, 0.1) is 5.41 Å². The average molecular weight is 391 g/mol. The largest absolute Gasteiger partial charge is 0.369 e. The number of halogens is 1. The van der Waals surface area contributed by atoms with Gasteiger partial charge >= 0.3 is 0 Å². The number of carbonyl (C=O) groups excluding carboxylic acids is 2. The Balaban J connectivity index is 1.35. The van der Waals surface area contributed by atoms with Crippen molar-refractivity contribution in [3.63, 3.8) is 0 Å². The number of carbonyl (C=O) groups is 2. The van der Waals surface area contributed by atoms with Crippen LogP contribution in [0.5, 0.6) is 0 Å². The highest BCUT2D eigenvalue weighted by molar-refractivity contribution is 6.30. The number of piperidine rings is 1. The van der Waals surface area contributed by atoms with Crippen molar-refractivity contribution < 1.29 is 9.59 Å². The molecule has 1 aromatic rings. The van der Waals surface area contributed by atoms with Gasteiger partial charge in [-0.1, -0.05) is 17.7 Å². The number of nitrogens with two attached hydrogens (primary N) is 1. The molecule has 0 bridgehead atoms. The molecule has 2 saturated heterocycles. The number of rotatable bonds is 4. The second-order valence-electron chi connectivity index (χ2n) is 8.00. The summed E-state index contributed by atoms with van der Waals surface area (Å²) in [6.45, 7) is 5.31. The summed E-state index contributed by atoms with van der Waals surface area (Å²) >= 11 is 6.12. The lowest BCUT2D eigenvalue weighted by Crippen LogP contribution is -2.57. The Hall–Kier alpha value is -1.79. The maximum atomic E-state index is 12.8. The van der Waals surface area contributed by atoms with E-state index in [9.17, 15) is 9.59 Å². The summed E-state index contributed by atoms with van der Waals surface area (Å²) in [4.78, 5) is 31.2. The Morgan fingerprint density at radius 2 is 1.85 bits per heavy atom. The zero-order valence-electron chi connectivity index (χ0n) is 15.6. The van der Waals surface area contributed by atoms with Crippen LogP contribution < -0.4 is 10.6 Å². The van der Waals surface area contributed by atoms with Crippen LogP contribution in [0.1, 0.15) is 25.7 Å². The lowest BCUT2D eigenvalue weighted by atomic mass is 9.98. The summed E-state index contributed by atoms with van der Waals surface area (Å²) in [6, 6.07) is 8.36. The number of nitrogens with zero attached hydrogens (tertiary/aromatic N) is 3. The molecule has 1 aliphatic carbocycles. The van der Waals surface area contributed by atoms with Gasteiger partial charge in [0.1, 0.15) is 5.41 Å². The molecule has 1 atom stereocenters. The fourth-order valence-corrected chi connectivity index (χ4v) is 4.63. The van der Waals surface area contributed by atoms with E-state index < -0.39 is 11.3 Å². The molecular formula is C20H27ClN4O2. The molecule has 0 spiro atoms. The molecule has 2 amide bonds. The van der Waals surface area contributed by atoms with Crippen molar-refractivity contribution in [1.82, 2.24) is 9.80 Å². The summed E-state index contributed by atoms with van der Waals surface area (Å²) in [5, 5.41) is 0.764. The molecule has 2 heterocycles. The van der Waals surface area contributed by atoms with Gasteiger partial charge in [0.25, 0.3) is 0 Å². The first-order chi connectivity index (χ1) is 13.0. The number of hydrogen-bond donors (Lipinski definition) is 1. The van der Waals surface area contributed by atoms with Crippen molar-refractivity contribution in [2.75, 3.05) is 44.2 Å². The first-order valence-corrected chi connectivity index (χ1v) is 10.2. The van der Waals surface area contributed by atoms with E-state index in [1.807, 2.05) is 23.1 Å². The van der Waals surface area contributed by atoms with Crippen LogP contribution in [0.4, 0.5) is 5.69 Å². The van der Waals surface area contributed by atoms with Gasteiger partial charge in [-0.15, -0.1) is 0 Å². The van der Waals surface area contributed by atoms with Crippen molar-refractivity contribution in [2.24, 2.45) is 11.1 Å². The maximum Gasteiger partial charge on any atom is 0.238 e.